The molecule has 0 unspecified atom stereocenters. The Hall–Kier alpha value is -3.59. The summed E-state index contributed by atoms with van der Waals surface area (Å²) < 4.78 is 11.2. The van der Waals surface area contributed by atoms with Crippen molar-refractivity contribution in [1.29, 1.82) is 0 Å². The molecule has 0 aromatic heterocycles. The van der Waals surface area contributed by atoms with Gasteiger partial charge < -0.3 is 20.1 Å². The number of ether oxygens (including phenoxy) is 2. The zero-order valence-corrected chi connectivity index (χ0v) is 20.4. The van der Waals surface area contributed by atoms with Crippen LogP contribution in [0, 0.1) is 6.92 Å². The number of hydrogen-bond acceptors (Lipinski definition) is 6. The van der Waals surface area contributed by atoms with Crippen molar-refractivity contribution in [1.82, 2.24) is 10.7 Å². The number of benzene rings is 2. The Labute approximate surface area is 203 Å². The van der Waals surface area contributed by atoms with Gasteiger partial charge in [-0.05, 0) is 68.7 Å². The fraction of sp³-hybridized carbons (Fsp3) is 0.333. The van der Waals surface area contributed by atoms with E-state index in [1.54, 1.807) is 37.3 Å². The molecule has 0 spiro atoms. The van der Waals surface area contributed by atoms with E-state index in [0.717, 1.165) is 5.56 Å². The highest BCUT2D eigenvalue weighted by Gasteiger charge is 2.14. The van der Waals surface area contributed by atoms with Gasteiger partial charge in [-0.25, -0.2) is 5.43 Å². The molecule has 0 saturated heterocycles. The van der Waals surface area contributed by atoms with Gasteiger partial charge in [0.15, 0.2) is 18.1 Å². The molecule has 0 aliphatic heterocycles. The van der Waals surface area contributed by atoms with E-state index in [1.807, 2.05) is 26.8 Å². The molecule has 2 aromatic rings. The molecule has 0 saturated carbocycles. The van der Waals surface area contributed by atoms with Crippen LogP contribution in [0.25, 0.3) is 0 Å². The van der Waals surface area contributed by atoms with Crippen molar-refractivity contribution >= 4 is 41.2 Å². The second kappa shape index (κ2) is 13.2. The molecule has 0 aliphatic carbocycles. The number of carbonyl (C=O) groups excluding carboxylic acids is 3. The molecule has 10 heteroatoms. The Morgan fingerprint density at radius 1 is 1.06 bits per heavy atom. The Balaban J connectivity index is 1.96. The average molecular weight is 489 g/mol. The Morgan fingerprint density at radius 2 is 1.82 bits per heavy atom. The molecule has 0 fully saturated rings. The van der Waals surface area contributed by atoms with E-state index in [1.165, 1.54) is 6.21 Å². The van der Waals surface area contributed by atoms with Crippen LogP contribution in [0.5, 0.6) is 11.5 Å². The lowest BCUT2D eigenvalue weighted by atomic mass is 10.2. The van der Waals surface area contributed by atoms with Gasteiger partial charge in [0, 0.05) is 16.8 Å². The lowest BCUT2D eigenvalue weighted by molar-refractivity contribution is -0.139. The van der Waals surface area contributed by atoms with Gasteiger partial charge in [-0.15, -0.1) is 0 Å². The minimum absolute atomic E-state index is 0.111. The van der Waals surface area contributed by atoms with Gasteiger partial charge >= 0.3 is 11.8 Å². The quantitative estimate of drug-likeness (QED) is 0.269. The van der Waals surface area contributed by atoms with Crippen molar-refractivity contribution in [2.45, 2.75) is 40.2 Å². The van der Waals surface area contributed by atoms with Crippen LogP contribution in [0.3, 0.4) is 0 Å². The normalized spacial score (nSPS) is 11.6. The van der Waals surface area contributed by atoms with Crippen molar-refractivity contribution < 1.29 is 23.9 Å². The van der Waals surface area contributed by atoms with Crippen LogP contribution < -0.4 is 25.5 Å². The highest BCUT2D eigenvalue weighted by molar-refractivity contribution is 6.35. The van der Waals surface area contributed by atoms with Gasteiger partial charge in [-0.2, -0.15) is 5.10 Å². The molecular formula is C24H29ClN4O5. The zero-order valence-electron chi connectivity index (χ0n) is 19.6. The fourth-order valence-corrected chi connectivity index (χ4v) is 2.79. The maximum Gasteiger partial charge on any atom is 0.329 e. The summed E-state index contributed by atoms with van der Waals surface area (Å²) in [4.78, 5) is 35.8. The van der Waals surface area contributed by atoms with Crippen LogP contribution >= 0.6 is 11.6 Å². The molecule has 0 aliphatic rings. The van der Waals surface area contributed by atoms with Crippen LogP contribution in [0.4, 0.5) is 5.69 Å². The van der Waals surface area contributed by atoms with Crippen molar-refractivity contribution in [2.24, 2.45) is 5.10 Å². The number of nitrogens with one attached hydrogen (secondary N) is 3. The first kappa shape index (κ1) is 26.7. The van der Waals surface area contributed by atoms with Crippen LogP contribution in [0.1, 0.15) is 38.3 Å². The number of amides is 3. The van der Waals surface area contributed by atoms with E-state index in [0.29, 0.717) is 40.8 Å². The third-order valence-electron chi connectivity index (χ3n) is 4.66. The van der Waals surface area contributed by atoms with Crippen LogP contribution in [0.15, 0.2) is 41.5 Å². The summed E-state index contributed by atoms with van der Waals surface area (Å²) in [6, 6.07) is 10.1. The maximum atomic E-state index is 12.3. The number of carbonyl (C=O) groups is 3. The number of anilines is 1. The Morgan fingerprint density at radius 3 is 2.50 bits per heavy atom. The van der Waals surface area contributed by atoms with Gasteiger partial charge in [0.25, 0.3) is 5.91 Å². The summed E-state index contributed by atoms with van der Waals surface area (Å²) in [7, 11) is 0. The number of halogens is 1. The molecular weight excluding hydrogens is 460 g/mol. The molecule has 34 heavy (non-hydrogen) atoms. The van der Waals surface area contributed by atoms with E-state index in [2.05, 4.69) is 21.2 Å². The first-order valence-corrected chi connectivity index (χ1v) is 11.2. The number of hydrogen-bond donors (Lipinski definition) is 3. The smallest absolute Gasteiger partial charge is 0.329 e. The number of aryl methyl sites for hydroxylation is 1. The second-order valence-corrected chi connectivity index (χ2v) is 7.83. The topological polar surface area (TPSA) is 118 Å². The molecule has 9 nitrogen and oxygen atoms in total. The van der Waals surface area contributed by atoms with E-state index in [4.69, 9.17) is 21.1 Å². The van der Waals surface area contributed by atoms with Crippen LogP contribution in [-0.2, 0) is 14.4 Å². The molecule has 2 aromatic carbocycles. The van der Waals surface area contributed by atoms with Crippen molar-refractivity contribution in [3.63, 3.8) is 0 Å². The lowest BCUT2D eigenvalue weighted by Crippen LogP contribution is -2.41. The van der Waals surface area contributed by atoms with Gasteiger partial charge in [-0.1, -0.05) is 24.6 Å². The van der Waals surface area contributed by atoms with Gasteiger partial charge in [0.1, 0.15) is 0 Å². The largest absolute Gasteiger partial charge is 0.490 e. The summed E-state index contributed by atoms with van der Waals surface area (Å²) in [6.07, 6.45) is 2.08. The van der Waals surface area contributed by atoms with Crippen molar-refractivity contribution in [2.75, 3.05) is 18.5 Å². The summed E-state index contributed by atoms with van der Waals surface area (Å²) in [5.41, 5.74) is 4.26. The molecule has 3 amide bonds. The highest BCUT2D eigenvalue weighted by Crippen LogP contribution is 2.28. The Kier molecular flexibility index (Phi) is 10.3. The number of rotatable bonds is 10. The third kappa shape index (κ3) is 8.40. The second-order valence-electron chi connectivity index (χ2n) is 7.42. The SMILES string of the molecule is CCOc1cc(/C=N\NC(=O)C(=O)N[C@H](C)CC)ccc1OCC(=O)Nc1ccc(C)c(Cl)c1. The summed E-state index contributed by atoms with van der Waals surface area (Å²) in [5, 5.41) is 9.64. The predicted molar refractivity (Wildman–Crippen MR) is 132 cm³/mol. The standard InChI is InChI=1S/C24H29ClN4O5/c1-5-16(4)27-23(31)24(32)29-26-13-17-8-10-20(21(11-17)33-6-2)34-14-22(30)28-18-9-7-15(3)19(25)12-18/h7-13,16H,5-6,14H2,1-4H3,(H,27,31)(H,28,30)(H,29,32)/b26-13-/t16-/m1/s1. The molecule has 182 valence electrons. The molecule has 0 radical (unpaired) electrons. The predicted octanol–water partition coefficient (Wildman–Crippen LogP) is 3.43. The molecule has 0 bridgehead atoms. The Bertz CT molecular complexity index is 1060. The first-order chi connectivity index (χ1) is 16.2. The van der Waals surface area contributed by atoms with Crippen molar-refractivity contribution in [3.05, 3.63) is 52.5 Å². The van der Waals surface area contributed by atoms with E-state index < -0.39 is 11.8 Å². The average Bonchev–Trinajstić information content (AvgIpc) is 2.80. The first-order valence-electron chi connectivity index (χ1n) is 10.8. The molecule has 2 rings (SSSR count). The van der Waals surface area contributed by atoms with Crippen LogP contribution in [0.2, 0.25) is 5.02 Å². The molecule has 0 heterocycles. The van der Waals surface area contributed by atoms with Gasteiger partial charge in [0.05, 0.1) is 12.8 Å². The summed E-state index contributed by atoms with van der Waals surface area (Å²) in [6.45, 7) is 7.53. The molecule has 3 N–H and O–H groups in total. The molecule has 1 atom stereocenters. The maximum absolute atomic E-state index is 12.3. The van der Waals surface area contributed by atoms with Crippen LogP contribution in [-0.4, -0.2) is 43.2 Å². The monoisotopic (exact) mass is 488 g/mol. The van der Waals surface area contributed by atoms with Gasteiger partial charge in [-0.3, -0.25) is 14.4 Å². The highest BCUT2D eigenvalue weighted by atomic mass is 35.5. The van der Waals surface area contributed by atoms with E-state index >= 15 is 0 Å². The number of nitrogens with zero attached hydrogens (tertiary/aromatic N) is 1. The van der Waals surface area contributed by atoms with Gasteiger partial charge in [0.2, 0.25) is 0 Å². The van der Waals surface area contributed by atoms with E-state index in [9.17, 15) is 14.4 Å². The third-order valence-corrected chi connectivity index (χ3v) is 5.06. The number of hydrazone groups is 1. The van der Waals surface area contributed by atoms with E-state index in [-0.39, 0.29) is 18.6 Å². The minimum Gasteiger partial charge on any atom is -0.490 e. The van der Waals surface area contributed by atoms with Crippen molar-refractivity contribution in [3.8, 4) is 11.5 Å². The lowest BCUT2D eigenvalue weighted by Gasteiger charge is -2.13. The zero-order chi connectivity index (χ0) is 25.1. The summed E-state index contributed by atoms with van der Waals surface area (Å²) in [5.74, 6) is -1.20. The fourth-order valence-electron chi connectivity index (χ4n) is 2.61. The minimum atomic E-state index is -0.859. The summed E-state index contributed by atoms with van der Waals surface area (Å²) >= 11 is 6.08.